The van der Waals surface area contributed by atoms with E-state index in [0.29, 0.717) is 25.0 Å². The Labute approximate surface area is 283 Å². The van der Waals surface area contributed by atoms with Gasteiger partial charge in [-0.25, -0.2) is 13.2 Å². The summed E-state index contributed by atoms with van der Waals surface area (Å²) in [6.07, 6.45) is 10.7. The first-order valence-corrected chi connectivity index (χ1v) is 19.2. The summed E-state index contributed by atoms with van der Waals surface area (Å²) in [5.74, 6) is 1.61. The van der Waals surface area contributed by atoms with E-state index >= 15 is 0 Å². The first-order chi connectivity index (χ1) is 22.7. The molecule has 8 heteroatoms. The van der Waals surface area contributed by atoms with Crippen molar-refractivity contribution in [3.05, 3.63) is 106 Å². The Morgan fingerprint density at radius 3 is 2.17 bits per heavy atom. The number of carbonyl (C=O) groups is 1. The second-order valence-electron chi connectivity index (χ2n) is 13.4. The van der Waals surface area contributed by atoms with Gasteiger partial charge in [-0.3, -0.25) is 0 Å². The number of nitrogens with zero attached hydrogens (tertiary/aromatic N) is 1. The number of ether oxygens (including phenoxy) is 1. The second-order valence-corrected chi connectivity index (χ2v) is 16.5. The van der Waals surface area contributed by atoms with Crippen LogP contribution in [0, 0.1) is 11.8 Å². The van der Waals surface area contributed by atoms with Gasteiger partial charge < -0.3 is 9.84 Å². The maximum absolute atomic E-state index is 13.8. The van der Waals surface area contributed by atoms with Crippen LogP contribution in [0.25, 0.3) is 10.4 Å². The molecule has 0 aliphatic heterocycles. The van der Waals surface area contributed by atoms with Crippen LogP contribution in [0.1, 0.15) is 97.0 Å². The van der Waals surface area contributed by atoms with Crippen molar-refractivity contribution in [1.29, 1.82) is 0 Å². The molecule has 2 fully saturated rings. The molecule has 2 aliphatic rings. The second kappa shape index (κ2) is 15.2. The van der Waals surface area contributed by atoms with Crippen LogP contribution in [0.15, 0.2) is 89.8 Å². The summed E-state index contributed by atoms with van der Waals surface area (Å²) < 4.78 is 35.4. The lowest BCUT2D eigenvalue weighted by Crippen LogP contribution is -2.35. The molecule has 0 spiro atoms. The maximum atomic E-state index is 13.8. The fourth-order valence-electron chi connectivity index (χ4n) is 6.98. The number of benzene rings is 3. The van der Waals surface area contributed by atoms with Crippen molar-refractivity contribution in [1.82, 2.24) is 4.31 Å². The number of hydrogen-bond donors (Lipinski definition) is 1. The molecule has 2 aliphatic carbocycles. The molecule has 0 saturated heterocycles. The number of sulfonamides is 1. The van der Waals surface area contributed by atoms with E-state index in [0.717, 1.165) is 58.2 Å². The molecule has 0 radical (unpaired) electrons. The fraction of sp³-hybridized carbons (Fsp3) is 0.410. The molecule has 1 aromatic heterocycles. The zero-order valence-corrected chi connectivity index (χ0v) is 28.8. The molecule has 6 nitrogen and oxygen atoms in total. The molecule has 0 atom stereocenters. The van der Waals surface area contributed by atoms with Crippen molar-refractivity contribution in [2.24, 2.45) is 11.8 Å². The van der Waals surface area contributed by atoms with Crippen LogP contribution < -0.4 is 4.74 Å². The summed E-state index contributed by atoms with van der Waals surface area (Å²) in [5, 5.41) is 9.27. The van der Waals surface area contributed by atoms with Gasteiger partial charge in [0.25, 0.3) is 0 Å². The number of thiophene rings is 1. The Balaban J connectivity index is 1.09. The van der Waals surface area contributed by atoms with Crippen molar-refractivity contribution >= 4 is 27.3 Å². The lowest BCUT2D eigenvalue weighted by molar-refractivity contribution is 0.0696. The molecule has 248 valence electrons. The van der Waals surface area contributed by atoms with Gasteiger partial charge in [0.15, 0.2) is 0 Å². The quantitative estimate of drug-likeness (QED) is 0.162. The van der Waals surface area contributed by atoms with E-state index in [1.807, 2.05) is 18.2 Å². The summed E-state index contributed by atoms with van der Waals surface area (Å²) >= 11 is 1.60. The van der Waals surface area contributed by atoms with Crippen molar-refractivity contribution in [3.63, 3.8) is 0 Å². The van der Waals surface area contributed by atoms with Crippen molar-refractivity contribution in [2.75, 3.05) is 6.54 Å². The summed E-state index contributed by atoms with van der Waals surface area (Å²) in [6, 6.07) is 26.6. The summed E-state index contributed by atoms with van der Waals surface area (Å²) in [6.45, 7) is 3.63. The average Bonchev–Trinajstić information content (AvgIpc) is 3.57. The van der Waals surface area contributed by atoms with Gasteiger partial charge in [0, 0.05) is 22.8 Å². The van der Waals surface area contributed by atoms with Crippen molar-refractivity contribution < 1.29 is 23.1 Å². The first-order valence-electron chi connectivity index (χ1n) is 17.0. The maximum Gasteiger partial charge on any atom is 0.335 e. The van der Waals surface area contributed by atoms with Gasteiger partial charge in [-0.2, -0.15) is 4.31 Å². The molecule has 6 rings (SSSR count). The highest BCUT2D eigenvalue weighted by atomic mass is 32.2. The molecular formula is C39H45NO5S2. The third-order valence-electron chi connectivity index (χ3n) is 9.93. The van der Waals surface area contributed by atoms with Crippen LogP contribution in [0.2, 0.25) is 0 Å². The smallest absolute Gasteiger partial charge is 0.335 e. The summed E-state index contributed by atoms with van der Waals surface area (Å²) in [4.78, 5) is 13.5. The Kier molecular flexibility index (Phi) is 10.8. The number of carboxylic acid groups (broad SMARTS) is 1. The highest BCUT2D eigenvalue weighted by Gasteiger charge is 2.29. The minimum Gasteiger partial charge on any atom is -0.489 e. The average molecular weight is 672 g/mol. The van der Waals surface area contributed by atoms with Gasteiger partial charge in [0.1, 0.15) is 12.4 Å². The number of aromatic carboxylic acids is 1. The minimum absolute atomic E-state index is 0.0698. The third-order valence-corrected chi connectivity index (χ3v) is 12.9. The SMILES string of the molecule is C[C@H]1CC[C@H](c2ccc(COc3ccc(-c4ccc(CN(CC5CCCCC5)S(=O)(=O)c5ccc(C(=O)O)cc5)s4)cc3)cc2)CC1. The highest BCUT2D eigenvalue weighted by Crippen LogP contribution is 2.36. The van der Waals surface area contributed by atoms with Crippen LogP contribution in [0.4, 0.5) is 0 Å². The van der Waals surface area contributed by atoms with Crippen molar-refractivity contribution in [2.45, 2.75) is 88.7 Å². The van der Waals surface area contributed by atoms with E-state index in [9.17, 15) is 18.3 Å². The highest BCUT2D eigenvalue weighted by molar-refractivity contribution is 7.89. The molecule has 47 heavy (non-hydrogen) atoms. The predicted octanol–water partition coefficient (Wildman–Crippen LogP) is 9.76. The lowest BCUT2D eigenvalue weighted by atomic mass is 9.79. The number of hydrogen-bond acceptors (Lipinski definition) is 5. The number of rotatable bonds is 12. The minimum atomic E-state index is -3.81. The lowest BCUT2D eigenvalue weighted by Gasteiger charge is -2.29. The predicted molar refractivity (Wildman–Crippen MR) is 188 cm³/mol. The van der Waals surface area contributed by atoms with Gasteiger partial charge >= 0.3 is 5.97 Å². The first kappa shape index (κ1) is 33.4. The number of carboxylic acids is 1. The molecule has 0 unspecified atom stereocenters. The van der Waals surface area contributed by atoms with Gasteiger partial charge in [0.2, 0.25) is 10.0 Å². The van der Waals surface area contributed by atoms with Crippen LogP contribution in [-0.2, 0) is 23.2 Å². The molecule has 2 saturated carbocycles. The van der Waals surface area contributed by atoms with Gasteiger partial charge in [-0.05, 0) is 121 Å². The van der Waals surface area contributed by atoms with Crippen LogP contribution >= 0.6 is 11.3 Å². The van der Waals surface area contributed by atoms with Crippen LogP contribution in [-0.4, -0.2) is 30.3 Å². The van der Waals surface area contributed by atoms with Gasteiger partial charge in [-0.15, -0.1) is 11.3 Å². The monoisotopic (exact) mass is 671 g/mol. The van der Waals surface area contributed by atoms with E-state index in [1.54, 1.807) is 15.6 Å². The van der Waals surface area contributed by atoms with Crippen LogP contribution in [0.3, 0.4) is 0 Å². The van der Waals surface area contributed by atoms with Crippen molar-refractivity contribution in [3.8, 4) is 16.2 Å². The van der Waals surface area contributed by atoms with E-state index in [2.05, 4.69) is 49.4 Å². The van der Waals surface area contributed by atoms with E-state index in [4.69, 9.17) is 4.74 Å². The standard InChI is InChI=1S/C39H45NO5S2/c1-28-7-11-31(12-8-28)32-13-9-30(10-14-32)27-45-35-19-15-33(16-20-35)38-24-21-36(46-38)26-40(25-29-5-3-2-4-6-29)47(43,44)37-22-17-34(18-23-37)39(41)42/h9-10,13-24,28-29,31H,2-8,11-12,25-27H2,1H3,(H,41,42)/t28-,31-. The molecule has 1 heterocycles. The topological polar surface area (TPSA) is 83.9 Å². The van der Waals surface area contributed by atoms with E-state index in [-0.39, 0.29) is 17.0 Å². The fourth-order valence-corrected chi connectivity index (χ4v) is 9.58. The zero-order valence-electron chi connectivity index (χ0n) is 27.1. The third kappa shape index (κ3) is 8.53. The molecule has 3 aromatic carbocycles. The van der Waals surface area contributed by atoms with Gasteiger partial charge in [0.05, 0.1) is 10.5 Å². The zero-order chi connectivity index (χ0) is 32.8. The molecular weight excluding hydrogens is 627 g/mol. The normalized spacial score (nSPS) is 19.1. The molecule has 0 bridgehead atoms. The summed E-state index contributed by atoms with van der Waals surface area (Å²) in [5.41, 5.74) is 3.74. The molecule has 0 amide bonds. The Hall–Kier alpha value is -3.46. The van der Waals surface area contributed by atoms with Crippen LogP contribution in [0.5, 0.6) is 5.75 Å². The Bertz CT molecular complexity index is 1720. The molecule has 4 aromatic rings. The largest absolute Gasteiger partial charge is 0.489 e. The Morgan fingerprint density at radius 2 is 1.51 bits per heavy atom. The Morgan fingerprint density at radius 1 is 0.830 bits per heavy atom. The van der Waals surface area contributed by atoms with E-state index in [1.165, 1.54) is 61.9 Å². The molecule has 1 N–H and O–H groups in total. The van der Waals surface area contributed by atoms with Gasteiger partial charge in [-0.1, -0.05) is 63.3 Å². The van der Waals surface area contributed by atoms with E-state index < -0.39 is 16.0 Å². The summed E-state index contributed by atoms with van der Waals surface area (Å²) in [7, 11) is -3.81.